The van der Waals surface area contributed by atoms with Gasteiger partial charge in [-0.25, -0.2) is 14.4 Å². The van der Waals surface area contributed by atoms with Crippen molar-refractivity contribution in [1.82, 2.24) is 24.8 Å². The summed E-state index contributed by atoms with van der Waals surface area (Å²) >= 11 is 6.77. The number of nitrogens with two attached hydrogens (primary N) is 2. The Kier molecular flexibility index (Phi) is 8.89. The number of nitrogen functional groups attached to an aromatic ring is 2. The highest BCUT2D eigenvalue weighted by atomic mass is 35.5. The van der Waals surface area contributed by atoms with E-state index in [0.29, 0.717) is 31.9 Å². The summed E-state index contributed by atoms with van der Waals surface area (Å²) in [6.45, 7) is 8.02. The fourth-order valence-corrected chi connectivity index (χ4v) is 6.41. The lowest BCUT2D eigenvalue weighted by atomic mass is 9.98. The molecule has 16 heteroatoms. The number of rotatable bonds is 7. The molecule has 0 aliphatic carbocycles. The lowest BCUT2D eigenvalue weighted by Gasteiger charge is -2.32. The highest BCUT2D eigenvalue weighted by Gasteiger charge is 2.40. The molecule has 1 saturated heterocycles. The van der Waals surface area contributed by atoms with Crippen molar-refractivity contribution in [3.63, 3.8) is 0 Å². The van der Waals surface area contributed by atoms with Crippen LogP contribution in [0.3, 0.4) is 0 Å². The number of ether oxygens (including phenoxy) is 3. The van der Waals surface area contributed by atoms with E-state index in [0.717, 1.165) is 6.07 Å². The van der Waals surface area contributed by atoms with Gasteiger partial charge in [-0.05, 0) is 38.5 Å². The van der Waals surface area contributed by atoms with Crippen LogP contribution in [0.2, 0.25) is 5.02 Å². The second-order valence-corrected chi connectivity index (χ2v) is 11.9. The Bertz CT molecular complexity index is 1820. The summed E-state index contributed by atoms with van der Waals surface area (Å²) in [7, 11) is 0. The van der Waals surface area contributed by atoms with Gasteiger partial charge < -0.3 is 30.6 Å². The number of aryl methyl sites for hydroxylation is 1. The summed E-state index contributed by atoms with van der Waals surface area (Å²) in [5.41, 5.74) is 9.55. The van der Waals surface area contributed by atoms with E-state index in [9.17, 15) is 13.2 Å². The van der Waals surface area contributed by atoms with Crippen LogP contribution >= 0.6 is 11.6 Å². The Morgan fingerprint density at radius 2 is 1.83 bits per heavy atom. The van der Waals surface area contributed by atoms with E-state index in [1.807, 2.05) is 24.8 Å². The molecule has 1 fully saturated rings. The van der Waals surface area contributed by atoms with Crippen molar-refractivity contribution in [1.29, 1.82) is 0 Å². The van der Waals surface area contributed by atoms with Gasteiger partial charge in [-0.2, -0.15) is 23.1 Å². The molecule has 1 aromatic carbocycles. The Morgan fingerprint density at radius 3 is 2.53 bits per heavy atom. The van der Waals surface area contributed by atoms with Crippen LogP contribution in [0.4, 0.5) is 35.0 Å². The van der Waals surface area contributed by atoms with E-state index in [1.54, 1.807) is 12.3 Å². The average Bonchev–Trinajstić information content (AvgIpc) is 3.22. The smallest absolute Gasteiger partial charge is 0.418 e. The fraction of sp³-hybridized carbons (Fsp3) is 0.419. The van der Waals surface area contributed by atoms with Gasteiger partial charge >= 0.3 is 12.2 Å². The third kappa shape index (κ3) is 6.14. The van der Waals surface area contributed by atoms with Crippen LogP contribution in [0.15, 0.2) is 24.4 Å². The Labute approximate surface area is 272 Å². The van der Waals surface area contributed by atoms with Crippen LogP contribution in [-0.4, -0.2) is 76.9 Å². The fourth-order valence-electron chi connectivity index (χ4n) is 6.09. The van der Waals surface area contributed by atoms with Crippen molar-refractivity contribution in [2.45, 2.75) is 39.0 Å². The number of alkyl halides is 3. The summed E-state index contributed by atoms with van der Waals surface area (Å²) in [5, 5.41) is -0.362. The first-order valence-electron chi connectivity index (χ1n) is 15.0. The molecule has 0 spiro atoms. The molecule has 2 atom stereocenters. The van der Waals surface area contributed by atoms with Gasteiger partial charge in [0, 0.05) is 30.9 Å². The molecule has 5 heterocycles. The highest BCUT2D eigenvalue weighted by molar-refractivity contribution is 6.36. The number of halogens is 5. The number of pyridine rings is 2. The van der Waals surface area contributed by atoms with Gasteiger partial charge in [0.15, 0.2) is 11.6 Å². The molecule has 6 rings (SSSR count). The number of nitrogens with zero attached hydrogens (tertiary/aromatic N) is 6. The normalized spacial score (nSPS) is 16.9. The summed E-state index contributed by atoms with van der Waals surface area (Å²) in [4.78, 5) is 21.2. The predicted octanol–water partition coefficient (Wildman–Crippen LogP) is 5.43. The van der Waals surface area contributed by atoms with Crippen LogP contribution in [0.1, 0.15) is 36.6 Å². The Balaban J connectivity index is 1.57. The summed E-state index contributed by atoms with van der Waals surface area (Å²) < 4.78 is 77.6. The lowest BCUT2D eigenvalue weighted by Crippen LogP contribution is -2.44. The minimum Gasteiger partial charge on any atom is -0.489 e. The molecule has 0 amide bonds. The number of hydrogen-bond donors (Lipinski definition) is 2. The first-order chi connectivity index (χ1) is 22.4. The van der Waals surface area contributed by atoms with E-state index >= 15 is 4.39 Å². The molecule has 250 valence electrons. The largest absolute Gasteiger partial charge is 0.489 e. The highest BCUT2D eigenvalue weighted by Crippen LogP contribution is 2.50. The number of hydrogen-bond acceptors (Lipinski definition) is 11. The quantitative estimate of drug-likeness (QED) is 0.242. The van der Waals surface area contributed by atoms with Gasteiger partial charge in [0.25, 0.3) is 0 Å². The van der Waals surface area contributed by atoms with Crippen LogP contribution in [0, 0.1) is 12.7 Å². The molecule has 2 aliphatic heterocycles. The zero-order chi connectivity index (χ0) is 33.6. The van der Waals surface area contributed by atoms with Gasteiger partial charge in [-0.3, -0.25) is 4.90 Å². The number of aromatic nitrogens is 4. The predicted molar refractivity (Wildman–Crippen MR) is 169 cm³/mol. The van der Waals surface area contributed by atoms with Gasteiger partial charge in [0.2, 0.25) is 0 Å². The van der Waals surface area contributed by atoms with Gasteiger partial charge in [0.05, 0.1) is 53.0 Å². The van der Waals surface area contributed by atoms with Crippen LogP contribution in [0.5, 0.6) is 11.8 Å². The van der Waals surface area contributed by atoms with Gasteiger partial charge in [-0.1, -0.05) is 17.7 Å². The molecule has 0 bridgehead atoms. The number of morpholine rings is 1. The van der Waals surface area contributed by atoms with Crippen LogP contribution < -0.4 is 25.8 Å². The molecule has 4 aromatic rings. The molecule has 3 aromatic heterocycles. The number of anilines is 3. The SMILES string of the molecule is Cc1cc(N)nc(-c2c(Cl)c3c4c(nc(OC[C@H](C)N5CCOCC5)nc4c2F)N([C@H](C)c2cccnc2N)CCO3)c1C(F)(F)F. The Morgan fingerprint density at radius 1 is 1.09 bits per heavy atom. The van der Waals surface area contributed by atoms with Gasteiger partial charge in [-0.15, -0.1) is 0 Å². The zero-order valence-electron chi connectivity index (χ0n) is 25.9. The summed E-state index contributed by atoms with van der Waals surface area (Å²) in [5.74, 6) is -1.01. The maximum atomic E-state index is 16.9. The lowest BCUT2D eigenvalue weighted by molar-refractivity contribution is -0.137. The second-order valence-electron chi connectivity index (χ2n) is 11.5. The molecular formula is C31H33ClF4N8O3. The standard InChI is InChI=1S/C31H33ClF4N8O3/c1-15-13-19(37)40-25(22(15)31(34,35)36)20-23(32)27-21-26(24(20)33)41-30(47-14-16(2)43-7-10-45-11-8-43)42-29(21)44(9-12-46-27)17(3)18-5-4-6-39-28(18)38/h4-6,13,16-17H,7-12,14H2,1-3H3,(H2,37,40)(H2,38,39)/t16-,17+/m0/s1. The molecule has 11 nitrogen and oxygen atoms in total. The maximum absolute atomic E-state index is 16.9. The van der Waals surface area contributed by atoms with Crippen molar-refractivity contribution >= 4 is 40.0 Å². The van der Waals surface area contributed by atoms with E-state index in [1.165, 1.54) is 6.92 Å². The maximum Gasteiger partial charge on any atom is 0.418 e. The van der Waals surface area contributed by atoms with Crippen LogP contribution in [0.25, 0.3) is 22.2 Å². The summed E-state index contributed by atoms with van der Waals surface area (Å²) in [6, 6.07) is 3.91. The average molecular weight is 677 g/mol. The van der Waals surface area contributed by atoms with E-state index < -0.39 is 39.9 Å². The van der Waals surface area contributed by atoms with E-state index in [-0.39, 0.29) is 71.5 Å². The van der Waals surface area contributed by atoms with Crippen molar-refractivity contribution in [2.24, 2.45) is 0 Å². The first kappa shape index (κ1) is 32.7. The second kappa shape index (κ2) is 12.8. The molecule has 47 heavy (non-hydrogen) atoms. The van der Waals surface area contributed by atoms with E-state index in [4.69, 9.17) is 42.3 Å². The third-order valence-electron chi connectivity index (χ3n) is 8.46. The van der Waals surface area contributed by atoms with Crippen molar-refractivity contribution in [2.75, 3.05) is 62.4 Å². The third-order valence-corrected chi connectivity index (χ3v) is 8.82. The minimum absolute atomic E-state index is 0.0144. The Hall–Kier alpha value is -4.21. The molecule has 0 unspecified atom stereocenters. The van der Waals surface area contributed by atoms with Gasteiger partial charge in [0.1, 0.15) is 36.2 Å². The zero-order valence-corrected chi connectivity index (χ0v) is 26.6. The molecule has 0 saturated carbocycles. The van der Waals surface area contributed by atoms with E-state index in [2.05, 4.69) is 19.9 Å². The molecule has 4 N–H and O–H groups in total. The number of benzene rings is 1. The molecular weight excluding hydrogens is 644 g/mol. The molecule has 2 aliphatic rings. The van der Waals surface area contributed by atoms with Crippen molar-refractivity contribution in [3.8, 4) is 23.0 Å². The minimum atomic E-state index is -4.91. The monoisotopic (exact) mass is 676 g/mol. The van der Waals surface area contributed by atoms with Crippen LogP contribution in [-0.2, 0) is 10.9 Å². The molecule has 0 radical (unpaired) electrons. The summed E-state index contributed by atoms with van der Waals surface area (Å²) in [6.07, 6.45) is -3.34. The topological polar surface area (TPSA) is 138 Å². The van der Waals surface area contributed by atoms with Crippen molar-refractivity contribution in [3.05, 3.63) is 51.9 Å². The first-order valence-corrected chi connectivity index (χ1v) is 15.4. The van der Waals surface area contributed by atoms with Crippen molar-refractivity contribution < 1.29 is 31.8 Å².